The molecule has 0 saturated carbocycles. The van der Waals surface area contributed by atoms with Crippen LogP contribution in [0.5, 0.6) is 0 Å². The summed E-state index contributed by atoms with van der Waals surface area (Å²) >= 11 is 5.90. The molecule has 0 amide bonds. The Morgan fingerprint density at radius 2 is 1.74 bits per heavy atom. The number of aromatic nitrogens is 2. The van der Waals surface area contributed by atoms with Crippen molar-refractivity contribution in [2.45, 2.75) is 32.7 Å². The molecule has 0 atom stereocenters. The number of hydrogen-bond donors (Lipinski definition) is 0. The van der Waals surface area contributed by atoms with Crippen molar-refractivity contribution in [3.63, 3.8) is 0 Å². The minimum absolute atomic E-state index is 0.0512. The van der Waals surface area contributed by atoms with Gasteiger partial charge < -0.3 is 4.57 Å². The molecular weight excluding hydrogens is 308 g/mol. The number of Topliss-reactive ketones (excluding diaryl/α,β-unsaturated/α-hetero) is 1. The second-order valence-electron chi connectivity index (χ2n) is 6.69. The number of hydrogen-bond acceptors (Lipinski definition) is 2. The van der Waals surface area contributed by atoms with E-state index in [0.717, 1.165) is 16.9 Å². The predicted molar refractivity (Wildman–Crippen MR) is 94.2 cm³/mol. The van der Waals surface area contributed by atoms with E-state index in [2.05, 4.69) is 20.8 Å². The zero-order valence-electron chi connectivity index (χ0n) is 13.5. The lowest BCUT2D eigenvalue weighted by molar-refractivity contribution is 0.0971. The zero-order valence-corrected chi connectivity index (χ0v) is 14.3. The highest BCUT2D eigenvalue weighted by atomic mass is 35.5. The zero-order chi connectivity index (χ0) is 16.6. The first-order valence-electron chi connectivity index (χ1n) is 7.61. The van der Waals surface area contributed by atoms with Crippen molar-refractivity contribution in [3.8, 4) is 0 Å². The third-order valence-electron chi connectivity index (χ3n) is 3.79. The Morgan fingerprint density at radius 1 is 1.09 bits per heavy atom. The molecule has 0 bridgehead atoms. The number of imidazole rings is 1. The van der Waals surface area contributed by atoms with Crippen LogP contribution >= 0.6 is 11.6 Å². The van der Waals surface area contributed by atoms with Crippen LogP contribution in [0.25, 0.3) is 11.0 Å². The lowest BCUT2D eigenvalue weighted by atomic mass is 9.95. The summed E-state index contributed by atoms with van der Waals surface area (Å²) in [5, 5.41) is 0.630. The standard InChI is InChI=1S/C19H19ClN2O/c1-19(2,3)18-21-15-6-4-5-7-16(15)22(18)12-17(23)13-8-10-14(20)11-9-13/h4-11H,12H2,1-3H3. The average molecular weight is 327 g/mol. The van der Waals surface area contributed by atoms with Crippen LogP contribution in [-0.4, -0.2) is 15.3 Å². The Kier molecular flexibility index (Phi) is 3.99. The van der Waals surface area contributed by atoms with Gasteiger partial charge in [-0.05, 0) is 36.4 Å². The number of para-hydroxylation sites is 2. The third kappa shape index (κ3) is 3.15. The molecule has 4 heteroatoms. The lowest BCUT2D eigenvalue weighted by Crippen LogP contribution is -2.22. The van der Waals surface area contributed by atoms with Crippen LogP contribution in [-0.2, 0) is 12.0 Å². The number of nitrogens with zero attached hydrogens (tertiary/aromatic N) is 2. The van der Waals surface area contributed by atoms with Crippen molar-refractivity contribution in [2.75, 3.05) is 0 Å². The fourth-order valence-corrected chi connectivity index (χ4v) is 2.80. The van der Waals surface area contributed by atoms with Gasteiger partial charge in [-0.25, -0.2) is 4.98 Å². The number of carbonyl (C=O) groups excluding carboxylic acids is 1. The summed E-state index contributed by atoms with van der Waals surface area (Å²) in [5.41, 5.74) is 2.42. The Morgan fingerprint density at radius 3 is 2.39 bits per heavy atom. The van der Waals surface area contributed by atoms with Crippen LogP contribution in [0.4, 0.5) is 0 Å². The number of benzene rings is 2. The number of halogens is 1. The highest BCUT2D eigenvalue weighted by Crippen LogP contribution is 2.26. The van der Waals surface area contributed by atoms with E-state index >= 15 is 0 Å². The topological polar surface area (TPSA) is 34.9 Å². The Hall–Kier alpha value is -2.13. The van der Waals surface area contributed by atoms with E-state index in [-0.39, 0.29) is 17.7 Å². The van der Waals surface area contributed by atoms with Crippen molar-refractivity contribution in [2.24, 2.45) is 0 Å². The van der Waals surface area contributed by atoms with E-state index in [9.17, 15) is 4.79 Å². The van der Waals surface area contributed by atoms with Crippen LogP contribution < -0.4 is 0 Å². The second kappa shape index (κ2) is 5.82. The molecule has 3 rings (SSSR count). The summed E-state index contributed by atoms with van der Waals surface area (Å²) in [4.78, 5) is 17.4. The summed E-state index contributed by atoms with van der Waals surface area (Å²) < 4.78 is 2.02. The first-order valence-corrected chi connectivity index (χ1v) is 7.98. The molecule has 2 aromatic carbocycles. The number of fused-ring (bicyclic) bond motifs is 1. The van der Waals surface area contributed by atoms with Gasteiger partial charge in [0.1, 0.15) is 5.82 Å². The molecule has 0 aliphatic rings. The van der Waals surface area contributed by atoms with Crippen LogP contribution in [0.3, 0.4) is 0 Å². The van der Waals surface area contributed by atoms with Gasteiger partial charge in [0.15, 0.2) is 5.78 Å². The van der Waals surface area contributed by atoms with Gasteiger partial charge in [-0.1, -0.05) is 44.5 Å². The highest BCUT2D eigenvalue weighted by Gasteiger charge is 2.24. The monoisotopic (exact) mass is 326 g/mol. The molecule has 23 heavy (non-hydrogen) atoms. The van der Waals surface area contributed by atoms with E-state index < -0.39 is 0 Å². The van der Waals surface area contributed by atoms with E-state index in [1.54, 1.807) is 24.3 Å². The van der Waals surface area contributed by atoms with Crippen LogP contribution in [0, 0.1) is 0 Å². The fraction of sp³-hybridized carbons (Fsp3) is 0.263. The van der Waals surface area contributed by atoms with Crippen molar-refractivity contribution < 1.29 is 4.79 Å². The molecule has 1 heterocycles. The largest absolute Gasteiger partial charge is 0.320 e. The molecule has 3 nitrogen and oxygen atoms in total. The molecule has 0 radical (unpaired) electrons. The van der Waals surface area contributed by atoms with Crippen molar-refractivity contribution in [3.05, 3.63) is 64.9 Å². The summed E-state index contributed by atoms with van der Waals surface area (Å²) in [6.07, 6.45) is 0. The van der Waals surface area contributed by atoms with E-state index in [4.69, 9.17) is 16.6 Å². The van der Waals surface area contributed by atoms with Gasteiger partial charge in [-0.15, -0.1) is 0 Å². The Bertz CT molecular complexity index is 857. The molecule has 3 aromatic rings. The lowest BCUT2D eigenvalue weighted by Gasteiger charge is -2.20. The SMILES string of the molecule is CC(C)(C)c1nc2ccccc2n1CC(=O)c1ccc(Cl)cc1. The predicted octanol–water partition coefficient (Wildman–Crippen LogP) is 4.87. The first-order chi connectivity index (χ1) is 10.9. The van der Waals surface area contributed by atoms with Crippen molar-refractivity contribution in [1.82, 2.24) is 9.55 Å². The minimum Gasteiger partial charge on any atom is -0.320 e. The third-order valence-corrected chi connectivity index (χ3v) is 4.05. The first kappa shape index (κ1) is 15.8. The maximum Gasteiger partial charge on any atom is 0.182 e. The Balaban J connectivity index is 2.04. The van der Waals surface area contributed by atoms with E-state index in [1.165, 1.54) is 0 Å². The quantitative estimate of drug-likeness (QED) is 0.643. The molecular formula is C19H19ClN2O. The van der Waals surface area contributed by atoms with Gasteiger partial charge in [-0.3, -0.25) is 4.79 Å². The molecule has 0 fully saturated rings. The summed E-state index contributed by atoms with van der Waals surface area (Å²) in [6, 6.07) is 14.9. The smallest absolute Gasteiger partial charge is 0.182 e. The summed E-state index contributed by atoms with van der Waals surface area (Å²) in [7, 11) is 0. The molecule has 0 aliphatic carbocycles. The van der Waals surface area contributed by atoms with Crippen LogP contribution in [0.2, 0.25) is 5.02 Å². The molecule has 118 valence electrons. The second-order valence-corrected chi connectivity index (χ2v) is 7.13. The number of carbonyl (C=O) groups is 1. The summed E-state index contributed by atoms with van der Waals surface area (Å²) in [6.45, 7) is 6.60. The molecule has 0 aliphatic heterocycles. The molecule has 1 aromatic heterocycles. The molecule has 0 unspecified atom stereocenters. The maximum absolute atomic E-state index is 12.7. The average Bonchev–Trinajstić information content (AvgIpc) is 2.87. The van der Waals surface area contributed by atoms with Gasteiger partial charge in [0, 0.05) is 16.0 Å². The minimum atomic E-state index is -0.140. The van der Waals surface area contributed by atoms with Crippen molar-refractivity contribution in [1.29, 1.82) is 0 Å². The molecule has 0 spiro atoms. The fourth-order valence-electron chi connectivity index (χ4n) is 2.68. The maximum atomic E-state index is 12.7. The van der Waals surface area contributed by atoms with Gasteiger partial charge in [-0.2, -0.15) is 0 Å². The molecule has 0 N–H and O–H groups in total. The van der Waals surface area contributed by atoms with Gasteiger partial charge in [0.25, 0.3) is 0 Å². The summed E-state index contributed by atoms with van der Waals surface area (Å²) in [5.74, 6) is 0.969. The number of ketones is 1. The number of rotatable bonds is 3. The highest BCUT2D eigenvalue weighted by molar-refractivity contribution is 6.30. The molecule has 0 saturated heterocycles. The van der Waals surface area contributed by atoms with Crippen molar-refractivity contribution >= 4 is 28.4 Å². The van der Waals surface area contributed by atoms with Gasteiger partial charge in [0.2, 0.25) is 0 Å². The van der Waals surface area contributed by atoms with Gasteiger partial charge in [0.05, 0.1) is 17.6 Å². The van der Waals surface area contributed by atoms with Crippen LogP contribution in [0.15, 0.2) is 48.5 Å². The van der Waals surface area contributed by atoms with E-state index in [1.807, 2.05) is 28.8 Å². The van der Waals surface area contributed by atoms with Gasteiger partial charge >= 0.3 is 0 Å². The van der Waals surface area contributed by atoms with E-state index in [0.29, 0.717) is 10.6 Å². The van der Waals surface area contributed by atoms with Crippen LogP contribution in [0.1, 0.15) is 37.0 Å². The normalized spacial score (nSPS) is 11.8. The Labute approximate surface area is 140 Å².